The number of aromatic nitrogens is 6. The quantitative estimate of drug-likeness (QED) is 0.438. The number of nitrogens with zero attached hydrogens (tertiary/aromatic N) is 8. The average Bonchev–Trinajstić information content (AvgIpc) is 3.36. The number of imidazole rings is 1. The predicted molar refractivity (Wildman–Crippen MR) is 128 cm³/mol. The zero-order valence-corrected chi connectivity index (χ0v) is 20.1. The number of hydrogen-bond acceptors (Lipinski definition) is 7. The molecule has 1 aliphatic heterocycles. The van der Waals surface area contributed by atoms with Gasteiger partial charge in [0.05, 0.1) is 35.1 Å². The second-order valence-electron chi connectivity index (χ2n) is 9.73. The largest absolute Gasteiger partial charge is 0.444 e. The van der Waals surface area contributed by atoms with Crippen molar-refractivity contribution in [1.29, 1.82) is 5.26 Å². The van der Waals surface area contributed by atoms with Crippen LogP contribution in [0, 0.1) is 11.3 Å². The number of hydrogen-bond donors (Lipinski definition) is 0. The molecule has 0 bridgehead atoms. The van der Waals surface area contributed by atoms with Crippen LogP contribution in [0.1, 0.15) is 45.2 Å². The molecule has 1 aliphatic rings. The molecular formula is C24H26N8O3. The van der Waals surface area contributed by atoms with Crippen LogP contribution in [0.4, 0.5) is 4.79 Å². The number of ether oxygens (including phenoxy) is 1. The van der Waals surface area contributed by atoms with Crippen LogP contribution in [-0.4, -0.2) is 58.4 Å². The lowest BCUT2D eigenvalue weighted by molar-refractivity contribution is 0.0188. The Bertz CT molecular complexity index is 1540. The summed E-state index contributed by atoms with van der Waals surface area (Å²) in [5.74, 6) is 0.424. The Kier molecular flexibility index (Phi) is 5.31. The fourth-order valence-electron chi connectivity index (χ4n) is 4.45. The number of likely N-dealkylation sites (tertiary alicyclic amines) is 1. The van der Waals surface area contributed by atoms with Crippen molar-refractivity contribution in [3.05, 3.63) is 46.8 Å². The first-order chi connectivity index (χ1) is 16.7. The number of nitriles is 1. The highest BCUT2D eigenvalue weighted by Gasteiger charge is 2.30. The summed E-state index contributed by atoms with van der Waals surface area (Å²) in [7, 11) is 1.70. The molecule has 0 N–H and O–H groups in total. The maximum Gasteiger partial charge on any atom is 0.410 e. The van der Waals surface area contributed by atoms with Gasteiger partial charge in [-0.25, -0.2) is 24.1 Å². The van der Waals surface area contributed by atoms with Crippen LogP contribution in [0.2, 0.25) is 0 Å². The zero-order chi connectivity index (χ0) is 24.9. The fourth-order valence-corrected chi connectivity index (χ4v) is 4.45. The number of amides is 1. The molecule has 0 radical (unpaired) electrons. The molecule has 4 aromatic heterocycles. The van der Waals surface area contributed by atoms with Crippen molar-refractivity contribution in [1.82, 2.24) is 33.6 Å². The van der Waals surface area contributed by atoms with Gasteiger partial charge in [-0.3, -0.25) is 9.13 Å². The van der Waals surface area contributed by atoms with Crippen LogP contribution in [-0.2, 0) is 11.8 Å². The Morgan fingerprint density at radius 3 is 2.63 bits per heavy atom. The summed E-state index contributed by atoms with van der Waals surface area (Å²) >= 11 is 0. The Balaban J connectivity index is 1.50. The summed E-state index contributed by atoms with van der Waals surface area (Å²) in [6, 6.07) is 5.45. The van der Waals surface area contributed by atoms with E-state index in [0.717, 1.165) is 0 Å². The molecular weight excluding hydrogens is 448 g/mol. The summed E-state index contributed by atoms with van der Waals surface area (Å²) in [5.41, 5.74) is 2.32. The van der Waals surface area contributed by atoms with Gasteiger partial charge in [-0.2, -0.15) is 10.4 Å². The van der Waals surface area contributed by atoms with E-state index in [1.807, 2.05) is 20.8 Å². The minimum absolute atomic E-state index is 0.110. The lowest BCUT2D eigenvalue weighted by Crippen LogP contribution is -2.43. The van der Waals surface area contributed by atoms with Crippen LogP contribution in [0.15, 0.2) is 35.5 Å². The Morgan fingerprint density at radius 2 is 1.94 bits per heavy atom. The van der Waals surface area contributed by atoms with Gasteiger partial charge >= 0.3 is 11.8 Å². The van der Waals surface area contributed by atoms with Gasteiger partial charge in [0.25, 0.3) is 0 Å². The molecule has 0 aromatic carbocycles. The molecule has 35 heavy (non-hydrogen) atoms. The number of aryl methyl sites for hydroxylation is 1. The van der Waals surface area contributed by atoms with Crippen molar-refractivity contribution in [3.8, 4) is 17.5 Å². The number of piperidine rings is 1. The third-order valence-electron chi connectivity index (χ3n) is 6.21. The molecule has 0 atom stereocenters. The van der Waals surface area contributed by atoms with E-state index in [2.05, 4.69) is 16.2 Å². The molecule has 11 heteroatoms. The molecule has 11 nitrogen and oxygen atoms in total. The predicted octanol–water partition coefficient (Wildman–Crippen LogP) is 2.89. The fraction of sp³-hybridized carbons (Fsp3) is 0.417. The van der Waals surface area contributed by atoms with Crippen molar-refractivity contribution < 1.29 is 9.53 Å². The van der Waals surface area contributed by atoms with Gasteiger partial charge in [-0.1, -0.05) is 0 Å². The molecule has 1 amide bonds. The highest BCUT2D eigenvalue weighted by molar-refractivity contribution is 5.80. The Hall–Kier alpha value is -4.20. The van der Waals surface area contributed by atoms with E-state index in [1.54, 1.807) is 56.3 Å². The van der Waals surface area contributed by atoms with E-state index >= 15 is 0 Å². The van der Waals surface area contributed by atoms with Crippen molar-refractivity contribution >= 4 is 22.8 Å². The highest BCUT2D eigenvalue weighted by atomic mass is 16.6. The molecule has 4 aromatic rings. The monoisotopic (exact) mass is 474 g/mol. The van der Waals surface area contributed by atoms with Gasteiger partial charge in [-0.15, -0.1) is 0 Å². The molecule has 1 fully saturated rings. The van der Waals surface area contributed by atoms with E-state index in [4.69, 9.17) is 9.72 Å². The minimum Gasteiger partial charge on any atom is -0.444 e. The third-order valence-corrected chi connectivity index (χ3v) is 6.21. The summed E-state index contributed by atoms with van der Waals surface area (Å²) in [6.07, 6.45) is 5.90. The highest BCUT2D eigenvalue weighted by Crippen LogP contribution is 2.28. The second-order valence-corrected chi connectivity index (χ2v) is 9.73. The van der Waals surface area contributed by atoms with Gasteiger partial charge in [0.1, 0.15) is 11.1 Å². The number of carbonyl (C=O) groups is 1. The minimum atomic E-state index is -0.556. The first kappa shape index (κ1) is 22.6. The van der Waals surface area contributed by atoms with Crippen LogP contribution >= 0.6 is 0 Å². The van der Waals surface area contributed by atoms with Crippen LogP contribution in [0.25, 0.3) is 28.1 Å². The molecule has 0 aliphatic carbocycles. The molecule has 5 heterocycles. The first-order valence-corrected chi connectivity index (χ1v) is 11.5. The van der Waals surface area contributed by atoms with Crippen molar-refractivity contribution in [2.45, 2.75) is 45.3 Å². The second kappa shape index (κ2) is 8.23. The molecule has 0 spiro atoms. The van der Waals surface area contributed by atoms with Gasteiger partial charge in [0.2, 0.25) is 0 Å². The standard InChI is InChI=1S/C24H26N8O3/c1-24(2,3)35-23(34)30-8-6-16(7-9-30)32-21-19(29(4)22(32)33)14-26-20(28-21)17-13-27-31-10-5-15(12-25)11-18(17)31/h5,10-11,13-14,16H,6-9H2,1-4H3. The Morgan fingerprint density at radius 1 is 1.20 bits per heavy atom. The molecule has 180 valence electrons. The van der Waals surface area contributed by atoms with E-state index in [0.29, 0.717) is 59.6 Å². The molecule has 0 unspecified atom stereocenters. The van der Waals surface area contributed by atoms with Crippen LogP contribution in [0.3, 0.4) is 0 Å². The normalized spacial score (nSPS) is 15.0. The van der Waals surface area contributed by atoms with Gasteiger partial charge in [0, 0.05) is 32.4 Å². The number of rotatable bonds is 2. The van der Waals surface area contributed by atoms with Gasteiger partial charge < -0.3 is 9.64 Å². The summed E-state index contributed by atoms with van der Waals surface area (Å²) < 4.78 is 10.4. The van der Waals surface area contributed by atoms with Crippen LogP contribution < -0.4 is 5.69 Å². The number of pyridine rings is 1. The maximum atomic E-state index is 13.2. The smallest absolute Gasteiger partial charge is 0.410 e. The summed E-state index contributed by atoms with van der Waals surface area (Å²) in [4.78, 5) is 36.6. The SMILES string of the molecule is Cn1c(=O)n(C2CCN(C(=O)OC(C)(C)C)CC2)c2nc(-c3cnn4ccc(C#N)cc34)ncc21. The summed E-state index contributed by atoms with van der Waals surface area (Å²) in [5, 5.41) is 13.6. The average molecular weight is 475 g/mol. The van der Waals surface area contributed by atoms with Gasteiger partial charge in [0.15, 0.2) is 11.5 Å². The van der Waals surface area contributed by atoms with Crippen molar-refractivity contribution in [2.75, 3.05) is 13.1 Å². The number of carbonyl (C=O) groups excluding carboxylic acids is 1. The van der Waals surface area contributed by atoms with Crippen molar-refractivity contribution in [3.63, 3.8) is 0 Å². The van der Waals surface area contributed by atoms with Crippen LogP contribution in [0.5, 0.6) is 0 Å². The third kappa shape index (κ3) is 4.01. The zero-order valence-electron chi connectivity index (χ0n) is 20.1. The van der Waals surface area contributed by atoms with E-state index in [-0.39, 0.29) is 17.8 Å². The first-order valence-electron chi connectivity index (χ1n) is 11.5. The lowest BCUT2D eigenvalue weighted by atomic mass is 10.1. The van der Waals surface area contributed by atoms with E-state index < -0.39 is 5.60 Å². The summed E-state index contributed by atoms with van der Waals surface area (Å²) in [6.45, 7) is 6.51. The Labute approximate surface area is 201 Å². The lowest BCUT2D eigenvalue weighted by Gasteiger charge is -2.33. The molecule has 1 saturated heterocycles. The van der Waals surface area contributed by atoms with Crippen molar-refractivity contribution in [2.24, 2.45) is 7.05 Å². The number of fused-ring (bicyclic) bond motifs is 2. The maximum absolute atomic E-state index is 13.2. The van der Waals surface area contributed by atoms with E-state index in [9.17, 15) is 14.9 Å². The van der Waals surface area contributed by atoms with E-state index in [1.165, 1.54) is 0 Å². The molecule has 5 rings (SSSR count). The topological polar surface area (TPSA) is 123 Å². The molecule has 0 saturated carbocycles. The van der Waals surface area contributed by atoms with Gasteiger partial charge in [-0.05, 0) is 45.7 Å².